The molecule has 2 heterocycles. The zero-order chi connectivity index (χ0) is 20.6. The molecule has 2 atom stereocenters. The maximum Gasteiger partial charge on any atom is 0.340 e. The number of amides is 3. The number of imide groups is 1. The van der Waals surface area contributed by atoms with Crippen LogP contribution in [0.5, 0.6) is 0 Å². The SMILES string of the molecule is CCOC(=O)c1c(C)[nH]c(C)c1C(=O)CN1C(=O)N[C@@]2(CCCC[C@H]2C)C1=O. The number of carbonyl (C=O) groups excluding carboxylic acids is 4. The highest BCUT2D eigenvalue weighted by molar-refractivity contribution is 6.14. The fraction of sp³-hybridized carbons (Fsp3) is 0.600. The molecule has 1 spiro atoms. The lowest BCUT2D eigenvalue weighted by Crippen LogP contribution is -2.54. The first kappa shape index (κ1) is 20.1. The van der Waals surface area contributed by atoms with Crippen molar-refractivity contribution in [3.63, 3.8) is 0 Å². The molecule has 2 N–H and O–H groups in total. The number of nitrogens with zero attached hydrogens (tertiary/aromatic N) is 1. The van der Waals surface area contributed by atoms with E-state index in [0.29, 0.717) is 17.8 Å². The Kier molecular flexibility index (Phi) is 5.32. The molecule has 8 nitrogen and oxygen atoms in total. The summed E-state index contributed by atoms with van der Waals surface area (Å²) in [4.78, 5) is 54.9. The average molecular weight is 389 g/mol. The van der Waals surface area contributed by atoms with Crippen LogP contribution in [0.1, 0.15) is 71.6 Å². The number of aromatic nitrogens is 1. The number of ketones is 1. The minimum atomic E-state index is -0.914. The van der Waals surface area contributed by atoms with Crippen molar-refractivity contribution in [2.75, 3.05) is 13.2 Å². The summed E-state index contributed by atoms with van der Waals surface area (Å²) in [5.41, 5.74) is 0.460. The topological polar surface area (TPSA) is 109 Å². The van der Waals surface area contributed by atoms with Crippen LogP contribution in [0.25, 0.3) is 0 Å². The largest absolute Gasteiger partial charge is 0.462 e. The van der Waals surface area contributed by atoms with Crippen molar-refractivity contribution < 1.29 is 23.9 Å². The summed E-state index contributed by atoms with van der Waals surface area (Å²) in [5.74, 6) is -1.39. The van der Waals surface area contributed by atoms with Crippen LogP contribution >= 0.6 is 0 Å². The average Bonchev–Trinajstić information content (AvgIpc) is 3.06. The van der Waals surface area contributed by atoms with Gasteiger partial charge < -0.3 is 15.0 Å². The summed E-state index contributed by atoms with van der Waals surface area (Å²) >= 11 is 0. The number of hydrogen-bond acceptors (Lipinski definition) is 5. The van der Waals surface area contributed by atoms with Gasteiger partial charge in [-0.05, 0) is 39.5 Å². The summed E-state index contributed by atoms with van der Waals surface area (Å²) in [6.45, 7) is 6.79. The lowest BCUT2D eigenvalue weighted by molar-refractivity contribution is -0.133. The first-order chi connectivity index (χ1) is 13.2. The first-order valence-electron chi connectivity index (χ1n) is 9.76. The summed E-state index contributed by atoms with van der Waals surface area (Å²) in [5, 5.41) is 2.84. The van der Waals surface area contributed by atoms with E-state index in [1.165, 1.54) is 0 Å². The van der Waals surface area contributed by atoms with Crippen LogP contribution < -0.4 is 5.32 Å². The molecule has 3 rings (SSSR count). The smallest absolute Gasteiger partial charge is 0.340 e. The molecular weight excluding hydrogens is 362 g/mol. The molecular formula is C20H27N3O5. The fourth-order valence-electron chi connectivity index (χ4n) is 4.45. The van der Waals surface area contributed by atoms with Crippen LogP contribution in [-0.2, 0) is 9.53 Å². The van der Waals surface area contributed by atoms with Crippen LogP contribution in [0.2, 0.25) is 0 Å². The third kappa shape index (κ3) is 3.10. The minimum Gasteiger partial charge on any atom is -0.462 e. The van der Waals surface area contributed by atoms with E-state index in [1.807, 2.05) is 6.92 Å². The molecule has 1 aliphatic carbocycles. The van der Waals surface area contributed by atoms with Crippen molar-refractivity contribution >= 4 is 23.7 Å². The van der Waals surface area contributed by atoms with Crippen LogP contribution in [0.4, 0.5) is 4.79 Å². The minimum absolute atomic E-state index is 0.0177. The Bertz CT molecular complexity index is 843. The van der Waals surface area contributed by atoms with E-state index in [2.05, 4.69) is 10.3 Å². The lowest BCUT2D eigenvalue weighted by Gasteiger charge is -2.36. The molecule has 0 aromatic carbocycles. The molecule has 28 heavy (non-hydrogen) atoms. The summed E-state index contributed by atoms with van der Waals surface area (Å²) < 4.78 is 5.06. The number of aromatic amines is 1. The Morgan fingerprint density at radius 1 is 1.18 bits per heavy atom. The molecule has 0 bridgehead atoms. The molecule has 3 amide bonds. The molecule has 1 aromatic heterocycles. The van der Waals surface area contributed by atoms with E-state index in [1.54, 1.807) is 20.8 Å². The number of Topliss-reactive ketones (excluding diaryl/α,β-unsaturated/α-hetero) is 1. The molecule has 1 aliphatic heterocycles. The molecule has 8 heteroatoms. The van der Waals surface area contributed by atoms with E-state index in [0.717, 1.165) is 24.2 Å². The van der Waals surface area contributed by atoms with Gasteiger partial charge >= 0.3 is 12.0 Å². The number of esters is 1. The van der Waals surface area contributed by atoms with E-state index < -0.39 is 29.9 Å². The molecule has 1 saturated heterocycles. The quantitative estimate of drug-likeness (QED) is 0.457. The normalized spacial score (nSPS) is 24.6. The maximum absolute atomic E-state index is 13.1. The number of H-pyrrole nitrogens is 1. The van der Waals surface area contributed by atoms with Gasteiger partial charge in [-0.25, -0.2) is 9.59 Å². The second kappa shape index (κ2) is 7.41. The highest BCUT2D eigenvalue weighted by Crippen LogP contribution is 2.38. The maximum atomic E-state index is 13.1. The third-order valence-corrected chi connectivity index (χ3v) is 5.94. The molecule has 0 unspecified atom stereocenters. The number of nitrogens with one attached hydrogen (secondary N) is 2. The van der Waals surface area contributed by atoms with Gasteiger partial charge in [-0.2, -0.15) is 0 Å². The third-order valence-electron chi connectivity index (χ3n) is 5.94. The number of carbonyl (C=O) groups is 4. The number of ether oxygens (including phenoxy) is 1. The van der Waals surface area contributed by atoms with Crippen LogP contribution in [0.3, 0.4) is 0 Å². The van der Waals surface area contributed by atoms with Crippen molar-refractivity contribution in [2.24, 2.45) is 5.92 Å². The Hall–Kier alpha value is -2.64. The van der Waals surface area contributed by atoms with Gasteiger partial charge in [-0.15, -0.1) is 0 Å². The zero-order valence-electron chi connectivity index (χ0n) is 16.8. The van der Waals surface area contributed by atoms with E-state index in [-0.39, 0.29) is 29.6 Å². The van der Waals surface area contributed by atoms with Crippen LogP contribution in [0.15, 0.2) is 0 Å². The fourth-order valence-corrected chi connectivity index (χ4v) is 4.45. The van der Waals surface area contributed by atoms with Crippen molar-refractivity contribution in [3.05, 3.63) is 22.5 Å². The Labute approximate surface area is 164 Å². The zero-order valence-corrected chi connectivity index (χ0v) is 16.8. The number of urea groups is 1. The Morgan fingerprint density at radius 2 is 1.86 bits per heavy atom. The number of rotatable bonds is 5. The van der Waals surface area contributed by atoms with Gasteiger partial charge in [0.05, 0.1) is 24.3 Å². The monoisotopic (exact) mass is 389 g/mol. The van der Waals surface area contributed by atoms with E-state index >= 15 is 0 Å². The van der Waals surface area contributed by atoms with E-state index in [9.17, 15) is 19.2 Å². The second-order valence-electron chi connectivity index (χ2n) is 7.71. The highest BCUT2D eigenvalue weighted by Gasteiger charge is 2.55. The molecule has 1 saturated carbocycles. The molecule has 1 aromatic rings. The van der Waals surface area contributed by atoms with Gasteiger partial charge in [0.1, 0.15) is 5.54 Å². The predicted molar refractivity (Wildman–Crippen MR) is 101 cm³/mol. The predicted octanol–water partition coefficient (Wildman–Crippen LogP) is 2.49. The first-order valence-corrected chi connectivity index (χ1v) is 9.76. The Morgan fingerprint density at radius 3 is 2.50 bits per heavy atom. The van der Waals surface area contributed by atoms with Gasteiger partial charge in [0.2, 0.25) is 0 Å². The number of hydrogen-bond donors (Lipinski definition) is 2. The van der Waals surface area contributed by atoms with Gasteiger partial charge in [-0.1, -0.05) is 19.8 Å². The van der Waals surface area contributed by atoms with Crippen molar-refractivity contribution in [2.45, 2.75) is 58.9 Å². The van der Waals surface area contributed by atoms with Crippen LogP contribution in [-0.4, -0.2) is 52.3 Å². The van der Waals surface area contributed by atoms with E-state index in [4.69, 9.17) is 4.74 Å². The summed E-state index contributed by atoms with van der Waals surface area (Å²) in [7, 11) is 0. The van der Waals surface area contributed by atoms with Crippen molar-refractivity contribution in [3.8, 4) is 0 Å². The van der Waals surface area contributed by atoms with Crippen LogP contribution in [0, 0.1) is 19.8 Å². The second-order valence-corrected chi connectivity index (χ2v) is 7.71. The number of aryl methyl sites for hydroxylation is 2. The van der Waals surface area contributed by atoms with Gasteiger partial charge in [0.15, 0.2) is 5.78 Å². The van der Waals surface area contributed by atoms with Gasteiger partial charge in [-0.3, -0.25) is 14.5 Å². The summed E-state index contributed by atoms with van der Waals surface area (Å²) in [6, 6.07) is -0.547. The molecule has 2 aliphatic rings. The molecule has 0 radical (unpaired) electrons. The highest BCUT2D eigenvalue weighted by atomic mass is 16.5. The lowest BCUT2D eigenvalue weighted by atomic mass is 9.73. The van der Waals surface area contributed by atoms with Crippen molar-refractivity contribution in [1.82, 2.24) is 15.2 Å². The van der Waals surface area contributed by atoms with Gasteiger partial charge in [0, 0.05) is 11.4 Å². The van der Waals surface area contributed by atoms with Gasteiger partial charge in [0.25, 0.3) is 5.91 Å². The summed E-state index contributed by atoms with van der Waals surface area (Å²) in [6.07, 6.45) is 3.33. The van der Waals surface area contributed by atoms with Crippen molar-refractivity contribution in [1.29, 1.82) is 0 Å². The molecule has 152 valence electrons. The Balaban J connectivity index is 1.87. The standard InChI is InChI=1S/C20H27N3O5/c1-5-28-17(25)16-13(4)21-12(3)15(16)14(24)10-23-18(26)20(22-19(23)27)9-7-6-8-11(20)2/h11,21H,5-10H2,1-4H3,(H,22,27)/t11-,20-/m1/s1. The molecule has 2 fully saturated rings.